The second-order valence-corrected chi connectivity index (χ2v) is 5.52. The molecule has 110 valence electrons. The van der Waals surface area contributed by atoms with E-state index < -0.39 is 0 Å². The zero-order valence-corrected chi connectivity index (χ0v) is 12.3. The molecular weight excluding hydrogens is 240 g/mol. The third kappa shape index (κ3) is 3.68. The fourth-order valence-electron chi connectivity index (χ4n) is 3.26. The lowest BCUT2D eigenvalue weighted by Gasteiger charge is -2.44. The molecule has 2 heterocycles. The van der Waals surface area contributed by atoms with Crippen molar-refractivity contribution in [3.8, 4) is 0 Å². The monoisotopic (exact) mass is 268 g/mol. The number of nitrogens with one attached hydrogen (secondary N) is 2. The van der Waals surface area contributed by atoms with Crippen LogP contribution in [0.3, 0.4) is 0 Å². The number of piperidine rings is 1. The van der Waals surface area contributed by atoms with Crippen LogP contribution in [-0.2, 0) is 4.79 Å². The molecule has 2 N–H and O–H groups in total. The van der Waals surface area contributed by atoms with Gasteiger partial charge in [0.15, 0.2) is 0 Å². The number of carbonyl (C=O) groups excluding carboxylic acids is 1. The van der Waals surface area contributed by atoms with Crippen LogP contribution >= 0.6 is 0 Å². The average molecular weight is 268 g/mol. The number of hydrogen-bond donors (Lipinski definition) is 2. The molecule has 0 bridgehead atoms. The van der Waals surface area contributed by atoms with Crippen LogP contribution in [0.2, 0.25) is 0 Å². The quantitative estimate of drug-likeness (QED) is 0.746. The summed E-state index contributed by atoms with van der Waals surface area (Å²) in [5.41, 5.74) is 0. The fraction of sp³-hybridized carbons (Fsp3) is 0.929. The highest BCUT2D eigenvalue weighted by Gasteiger charge is 2.34. The van der Waals surface area contributed by atoms with Crippen LogP contribution in [0.5, 0.6) is 0 Å². The largest absolute Gasteiger partial charge is 0.355 e. The minimum Gasteiger partial charge on any atom is -0.355 e. The Balaban J connectivity index is 1.94. The summed E-state index contributed by atoms with van der Waals surface area (Å²) < 4.78 is 0. The molecule has 0 spiro atoms. The average Bonchev–Trinajstić information content (AvgIpc) is 2.47. The highest BCUT2D eigenvalue weighted by molar-refractivity contribution is 5.82. The van der Waals surface area contributed by atoms with E-state index in [4.69, 9.17) is 0 Å². The van der Waals surface area contributed by atoms with Crippen LogP contribution < -0.4 is 10.6 Å². The zero-order valence-electron chi connectivity index (χ0n) is 12.3. The number of piperazine rings is 1. The minimum atomic E-state index is 0.0203. The standard InChI is InChI=1S/C14H28N4O/c1-3-16-14(19)13-11-15-7-10-18(13)12-5-8-17(4-2)9-6-12/h12-13,15H,3-11H2,1-2H3,(H,16,19). The molecule has 2 aliphatic rings. The number of amides is 1. The highest BCUT2D eigenvalue weighted by Crippen LogP contribution is 2.19. The normalized spacial score (nSPS) is 27.4. The molecule has 1 amide bonds. The van der Waals surface area contributed by atoms with E-state index in [2.05, 4.69) is 27.4 Å². The van der Waals surface area contributed by atoms with Crippen molar-refractivity contribution in [1.82, 2.24) is 20.4 Å². The second kappa shape index (κ2) is 7.22. The number of rotatable bonds is 4. The smallest absolute Gasteiger partial charge is 0.238 e. The number of likely N-dealkylation sites (tertiary alicyclic amines) is 1. The van der Waals surface area contributed by atoms with Gasteiger partial charge in [-0.15, -0.1) is 0 Å². The van der Waals surface area contributed by atoms with Crippen molar-refractivity contribution in [2.75, 3.05) is 45.8 Å². The van der Waals surface area contributed by atoms with Gasteiger partial charge >= 0.3 is 0 Å². The lowest BCUT2D eigenvalue weighted by molar-refractivity contribution is -0.128. The van der Waals surface area contributed by atoms with E-state index in [9.17, 15) is 4.79 Å². The van der Waals surface area contributed by atoms with Crippen molar-refractivity contribution < 1.29 is 4.79 Å². The Labute approximate surface area is 116 Å². The van der Waals surface area contributed by atoms with Crippen LogP contribution in [0.1, 0.15) is 26.7 Å². The van der Waals surface area contributed by atoms with Crippen LogP contribution in [0, 0.1) is 0 Å². The first-order chi connectivity index (χ1) is 9.26. The molecule has 2 aliphatic heterocycles. The van der Waals surface area contributed by atoms with Gasteiger partial charge in [0.2, 0.25) is 5.91 Å². The maximum absolute atomic E-state index is 12.2. The van der Waals surface area contributed by atoms with Crippen molar-refractivity contribution in [2.45, 2.75) is 38.8 Å². The third-order valence-electron chi connectivity index (χ3n) is 4.41. The van der Waals surface area contributed by atoms with Gasteiger partial charge < -0.3 is 15.5 Å². The van der Waals surface area contributed by atoms with Gasteiger partial charge in [0.05, 0.1) is 0 Å². The van der Waals surface area contributed by atoms with Crippen LogP contribution in [0.15, 0.2) is 0 Å². The van der Waals surface area contributed by atoms with Crippen molar-refractivity contribution in [2.24, 2.45) is 0 Å². The molecule has 1 atom stereocenters. The summed E-state index contributed by atoms with van der Waals surface area (Å²) >= 11 is 0. The molecule has 2 saturated heterocycles. The summed E-state index contributed by atoms with van der Waals surface area (Å²) in [6.45, 7) is 11.2. The van der Waals surface area contributed by atoms with Crippen molar-refractivity contribution in [3.63, 3.8) is 0 Å². The van der Waals surface area contributed by atoms with Crippen LogP contribution in [0.4, 0.5) is 0 Å². The van der Waals surface area contributed by atoms with Crippen molar-refractivity contribution >= 4 is 5.91 Å². The summed E-state index contributed by atoms with van der Waals surface area (Å²) in [5.74, 6) is 0.188. The molecule has 1 unspecified atom stereocenters. The van der Waals surface area contributed by atoms with Gasteiger partial charge in [0, 0.05) is 32.2 Å². The maximum atomic E-state index is 12.2. The van der Waals surface area contributed by atoms with Crippen molar-refractivity contribution in [3.05, 3.63) is 0 Å². The Kier molecular flexibility index (Phi) is 5.60. The molecule has 5 nitrogen and oxygen atoms in total. The molecule has 19 heavy (non-hydrogen) atoms. The summed E-state index contributed by atoms with van der Waals surface area (Å²) in [5, 5.41) is 6.32. The molecule has 2 fully saturated rings. The van der Waals surface area contributed by atoms with E-state index in [0.717, 1.165) is 32.7 Å². The lowest BCUT2D eigenvalue weighted by atomic mass is 9.99. The first-order valence-corrected chi connectivity index (χ1v) is 7.72. The van der Waals surface area contributed by atoms with E-state index in [-0.39, 0.29) is 11.9 Å². The van der Waals surface area contributed by atoms with Gasteiger partial charge in [-0.25, -0.2) is 0 Å². The van der Waals surface area contributed by atoms with Crippen LogP contribution in [0.25, 0.3) is 0 Å². The van der Waals surface area contributed by atoms with E-state index >= 15 is 0 Å². The van der Waals surface area contributed by atoms with Crippen LogP contribution in [-0.4, -0.2) is 73.6 Å². The first kappa shape index (κ1) is 14.8. The van der Waals surface area contributed by atoms with Gasteiger partial charge in [-0.1, -0.05) is 6.92 Å². The number of hydrogen-bond acceptors (Lipinski definition) is 4. The third-order valence-corrected chi connectivity index (χ3v) is 4.41. The Bertz CT molecular complexity index is 289. The summed E-state index contributed by atoms with van der Waals surface area (Å²) in [4.78, 5) is 17.1. The predicted molar refractivity (Wildman–Crippen MR) is 77.2 cm³/mol. The van der Waals surface area contributed by atoms with E-state index in [1.165, 1.54) is 25.9 Å². The maximum Gasteiger partial charge on any atom is 0.238 e. The molecule has 0 aromatic rings. The SMILES string of the molecule is CCNC(=O)C1CNCCN1C1CCN(CC)CC1. The second-order valence-electron chi connectivity index (χ2n) is 5.52. The van der Waals surface area contributed by atoms with Gasteiger partial charge in [-0.2, -0.15) is 0 Å². The van der Waals surface area contributed by atoms with E-state index in [0.29, 0.717) is 6.04 Å². The first-order valence-electron chi connectivity index (χ1n) is 7.72. The molecule has 0 radical (unpaired) electrons. The highest BCUT2D eigenvalue weighted by atomic mass is 16.2. The number of carbonyl (C=O) groups is 1. The summed E-state index contributed by atoms with van der Waals surface area (Å²) in [6.07, 6.45) is 2.40. The van der Waals surface area contributed by atoms with Crippen molar-refractivity contribution in [1.29, 1.82) is 0 Å². The number of nitrogens with zero attached hydrogens (tertiary/aromatic N) is 2. The van der Waals surface area contributed by atoms with E-state index in [1.54, 1.807) is 0 Å². The Morgan fingerprint density at radius 1 is 1.26 bits per heavy atom. The van der Waals surface area contributed by atoms with Gasteiger partial charge in [-0.3, -0.25) is 9.69 Å². The summed E-state index contributed by atoms with van der Waals surface area (Å²) in [7, 11) is 0. The molecule has 0 aromatic heterocycles. The molecule has 0 saturated carbocycles. The molecule has 0 aromatic carbocycles. The Morgan fingerprint density at radius 3 is 2.63 bits per heavy atom. The summed E-state index contributed by atoms with van der Waals surface area (Å²) in [6, 6.07) is 0.601. The minimum absolute atomic E-state index is 0.0203. The lowest BCUT2D eigenvalue weighted by Crippen LogP contribution is -2.62. The molecule has 5 heteroatoms. The Morgan fingerprint density at radius 2 is 2.00 bits per heavy atom. The fourth-order valence-corrected chi connectivity index (χ4v) is 3.26. The van der Waals surface area contributed by atoms with E-state index in [1.807, 2.05) is 6.92 Å². The molecule has 2 rings (SSSR count). The predicted octanol–water partition coefficient (Wildman–Crippen LogP) is -0.119. The molecule has 0 aliphatic carbocycles. The Hall–Kier alpha value is -0.650. The van der Waals surface area contributed by atoms with Gasteiger partial charge in [0.1, 0.15) is 6.04 Å². The topological polar surface area (TPSA) is 47.6 Å². The zero-order chi connectivity index (χ0) is 13.7. The van der Waals surface area contributed by atoms with Gasteiger partial charge in [-0.05, 0) is 39.4 Å². The van der Waals surface area contributed by atoms with Gasteiger partial charge in [0.25, 0.3) is 0 Å². The molecular formula is C14H28N4O. The number of likely N-dealkylation sites (N-methyl/N-ethyl adjacent to an activating group) is 1.